The summed E-state index contributed by atoms with van der Waals surface area (Å²) in [5.74, 6) is 1.00. The summed E-state index contributed by atoms with van der Waals surface area (Å²) in [5, 5.41) is 1.23. The van der Waals surface area contributed by atoms with E-state index in [1.165, 1.54) is 43.1 Å². The lowest BCUT2D eigenvalue weighted by atomic mass is 10.0. The van der Waals surface area contributed by atoms with Gasteiger partial charge in [-0.05, 0) is 58.0 Å². The van der Waals surface area contributed by atoms with Crippen LogP contribution in [0.25, 0.3) is 10.9 Å². The van der Waals surface area contributed by atoms with Crippen molar-refractivity contribution in [3.63, 3.8) is 0 Å². The van der Waals surface area contributed by atoms with Crippen LogP contribution < -0.4 is 4.74 Å². The standard InChI is InChI=1S/C18H26N2O/c1-3-21-18-9-6-8-17-16(18)11-14-20(17)13-10-15-7-4-5-12-19(15)2/h6,8-9,11,14-15H,3-5,7,10,12-13H2,1-2H3. The van der Waals surface area contributed by atoms with Gasteiger partial charge in [0.1, 0.15) is 5.75 Å². The number of hydrogen-bond acceptors (Lipinski definition) is 2. The third-order valence-corrected chi connectivity index (χ3v) is 4.70. The Balaban J connectivity index is 1.74. The van der Waals surface area contributed by atoms with Crippen molar-refractivity contribution >= 4 is 10.9 Å². The summed E-state index contributed by atoms with van der Waals surface area (Å²) in [4.78, 5) is 2.53. The number of fused-ring (bicyclic) bond motifs is 1. The van der Waals surface area contributed by atoms with Crippen molar-refractivity contribution in [2.75, 3.05) is 20.2 Å². The highest BCUT2D eigenvalue weighted by Gasteiger charge is 2.18. The van der Waals surface area contributed by atoms with Crippen LogP contribution in [0, 0.1) is 0 Å². The van der Waals surface area contributed by atoms with E-state index in [0.29, 0.717) is 0 Å². The molecule has 0 aliphatic carbocycles. The molecule has 0 bridgehead atoms. The Morgan fingerprint density at radius 1 is 1.24 bits per heavy atom. The number of nitrogens with zero attached hydrogens (tertiary/aromatic N) is 2. The molecule has 1 atom stereocenters. The van der Waals surface area contributed by atoms with Crippen molar-refractivity contribution < 1.29 is 4.74 Å². The molecule has 1 fully saturated rings. The SMILES string of the molecule is CCOc1cccc2c1ccn2CCC1CCCCN1C. The minimum absolute atomic E-state index is 0.719. The maximum absolute atomic E-state index is 5.72. The van der Waals surface area contributed by atoms with Gasteiger partial charge in [0, 0.05) is 24.2 Å². The lowest BCUT2D eigenvalue weighted by molar-refractivity contribution is 0.171. The fourth-order valence-electron chi connectivity index (χ4n) is 3.47. The Hall–Kier alpha value is -1.48. The number of hydrogen-bond donors (Lipinski definition) is 0. The number of aromatic nitrogens is 1. The quantitative estimate of drug-likeness (QED) is 0.829. The predicted octanol–water partition coefficient (Wildman–Crippen LogP) is 3.91. The van der Waals surface area contributed by atoms with Gasteiger partial charge in [-0.1, -0.05) is 12.5 Å². The highest BCUT2D eigenvalue weighted by atomic mass is 16.5. The molecule has 21 heavy (non-hydrogen) atoms. The van der Waals surface area contributed by atoms with Crippen LogP contribution in [0.5, 0.6) is 5.75 Å². The number of rotatable bonds is 5. The lowest BCUT2D eigenvalue weighted by Gasteiger charge is -2.32. The summed E-state index contributed by atoms with van der Waals surface area (Å²) in [6.45, 7) is 5.10. The van der Waals surface area contributed by atoms with Gasteiger partial charge in [0.2, 0.25) is 0 Å². The van der Waals surface area contributed by atoms with E-state index in [-0.39, 0.29) is 0 Å². The Kier molecular flexibility index (Phi) is 4.49. The average Bonchev–Trinajstić information content (AvgIpc) is 2.91. The fraction of sp³-hybridized carbons (Fsp3) is 0.556. The number of aryl methyl sites for hydroxylation is 1. The molecule has 2 heterocycles. The van der Waals surface area contributed by atoms with Crippen LogP contribution >= 0.6 is 0 Å². The first-order chi connectivity index (χ1) is 10.3. The number of likely N-dealkylation sites (tertiary alicyclic amines) is 1. The zero-order valence-electron chi connectivity index (χ0n) is 13.2. The van der Waals surface area contributed by atoms with E-state index in [1.807, 2.05) is 6.92 Å². The maximum atomic E-state index is 5.72. The third kappa shape index (κ3) is 3.08. The Bertz CT molecular complexity index is 590. The van der Waals surface area contributed by atoms with Crippen molar-refractivity contribution in [1.29, 1.82) is 0 Å². The topological polar surface area (TPSA) is 17.4 Å². The summed E-state index contributed by atoms with van der Waals surface area (Å²) in [7, 11) is 2.27. The monoisotopic (exact) mass is 286 g/mol. The average molecular weight is 286 g/mol. The molecule has 1 aliphatic rings. The second-order valence-corrected chi connectivity index (χ2v) is 6.05. The molecule has 0 amide bonds. The minimum atomic E-state index is 0.719. The van der Waals surface area contributed by atoms with E-state index in [9.17, 15) is 0 Å². The third-order valence-electron chi connectivity index (χ3n) is 4.70. The molecule has 0 saturated carbocycles. The van der Waals surface area contributed by atoms with Gasteiger partial charge < -0.3 is 14.2 Å². The maximum Gasteiger partial charge on any atom is 0.128 e. The van der Waals surface area contributed by atoms with Gasteiger partial charge in [-0.3, -0.25) is 0 Å². The van der Waals surface area contributed by atoms with Crippen molar-refractivity contribution in [2.24, 2.45) is 0 Å². The molecule has 3 heteroatoms. The van der Waals surface area contributed by atoms with Gasteiger partial charge in [0.15, 0.2) is 0 Å². The molecular weight excluding hydrogens is 260 g/mol. The highest BCUT2D eigenvalue weighted by Crippen LogP contribution is 2.27. The molecule has 1 aromatic carbocycles. The predicted molar refractivity (Wildman–Crippen MR) is 88.0 cm³/mol. The number of ether oxygens (including phenoxy) is 1. The van der Waals surface area contributed by atoms with Crippen molar-refractivity contribution in [1.82, 2.24) is 9.47 Å². The van der Waals surface area contributed by atoms with Crippen LogP contribution in [0.1, 0.15) is 32.6 Å². The molecule has 1 saturated heterocycles. The summed E-state index contributed by atoms with van der Waals surface area (Å²) < 4.78 is 8.10. The van der Waals surface area contributed by atoms with E-state index in [1.54, 1.807) is 0 Å². The van der Waals surface area contributed by atoms with Crippen LogP contribution in [-0.4, -0.2) is 35.7 Å². The molecule has 0 spiro atoms. The van der Waals surface area contributed by atoms with Crippen molar-refractivity contribution in [2.45, 2.75) is 45.2 Å². The summed E-state index contributed by atoms with van der Waals surface area (Å²) >= 11 is 0. The molecule has 0 radical (unpaired) electrons. The van der Waals surface area contributed by atoms with E-state index >= 15 is 0 Å². The molecule has 1 aromatic heterocycles. The second kappa shape index (κ2) is 6.52. The van der Waals surface area contributed by atoms with Crippen LogP contribution in [0.3, 0.4) is 0 Å². The first-order valence-electron chi connectivity index (χ1n) is 8.20. The Morgan fingerprint density at radius 2 is 2.14 bits per heavy atom. The van der Waals surface area contributed by atoms with Gasteiger partial charge in [0.05, 0.1) is 12.1 Å². The second-order valence-electron chi connectivity index (χ2n) is 6.05. The minimum Gasteiger partial charge on any atom is -0.493 e. The van der Waals surface area contributed by atoms with Gasteiger partial charge in [-0.15, -0.1) is 0 Å². The summed E-state index contributed by atoms with van der Waals surface area (Å²) in [6, 6.07) is 9.28. The molecule has 0 N–H and O–H groups in total. The van der Waals surface area contributed by atoms with Gasteiger partial charge in [-0.2, -0.15) is 0 Å². The smallest absolute Gasteiger partial charge is 0.128 e. The summed E-state index contributed by atoms with van der Waals surface area (Å²) in [6.07, 6.45) is 7.53. The van der Waals surface area contributed by atoms with E-state index in [4.69, 9.17) is 4.74 Å². The van der Waals surface area contributed by atoms with Gasteiger partial charge >= 0.3 is 0 Å². The first-order valence-corrected chi connectivity index (χ1v) is 8.20. The summed E-state index contributed by atoms with van der Waals surface area (Å²) in [5.41, 5.74) is 1.29. The Morgan fingerprint density at radius 3 is 2.95 bits per heavy atom. The molecule has 3 nitrogen and oxygen atoms in total. The largest absolute Gasteiger partial charge is 0.493 e. The molecule has 2 aromatic rings. The van der Waals surface area contributed by atoms with Crippen LogP contribution in [-0.2, 0) is 6.54 Å². The van der Waals surface area contributed by atoms with Gasteiger partial charge in [0.25, 0.3) is 0 Å². The normalized spacial score (nSPS) is 20.0. The van der Waals surface area contributed by atoms with E-state index in [0.717, 1.165) is 24.9 Å². The lowest BCUT2D eigenvalue weighted by Crippen LogP contribution is -2.36. The van der Waals surface area contributed by atoms with Crippen molar-refractivity contribution in [3.05, 3.63) is 30.5 Å². The van der Waals surface area contributed by atoms with Crippen LogP contribution in [0.2, 0.25) is 0 Å². The molecule has 114 valence electrons. The molecule has 1 unspecified atom stereocenters. The zero-order chi connectivity index (χ0) is 14.7. The van der Waals surface area contributed by atoms with Gasteiger partial charge in [-0.25, -0.2) is 0 Å². The van der Waals surface area contributed by atoms with Crippen LogP contribution in [0.4, 0.5) is 0 Å². The molecule has 3 rings (SSSR count). The number of piperidine rings is 1. The fourth-order valence-corrected chi connectivity index (χ4v) is 3.47. The Labute approximate surface area is 127 Å². The van der Waals surface area contributed by atoms with Crippen molar-refractivity contribution in [3.8, 4) is 5.75 Å². The van der Waals surface area contributed by atoms with E-state index in [2.05, 4.69) is 47.0 Å². The highest BCUT2D eigenvalue weighted by molar-refractivity contribution is 5.86. The molecule has 1 aliphatic heterocycles. The number of benzene rings is 1. The first kappa shape index (κ1) is 14.5. The van der Waals surface area contributed by atoms with E-state index < -0.39 is 0 Å². The molecular formula is C18H26N2O. The van der Waals surface area contributed by atoms with Crippen LogP contribution in [0.15, 0.2) is 30.5 Å². The zero-order valence-corrected chi connectivity index (χ0v) is 13.2.